The van der Waals surface area contributed by atoms with Gasteiger partial charge < -0.3 is 0 Å². The van der Waals surface area contributed by atoms with Crippen LogP contribution in [0.25, 0.3) is 0 Å². The first-order chi connectivity index (χ1) is 6.75. The van der Waals surface area contributed by atoms with Crippen LogP contribution in [0, 0.1) is 17.8 Å². The number of H-pyrrole nitrogens is 1. The zero-order chi connectivity index (χ0) is 9.97. The van der Waals surface area contributed by atoms with Gasteiger partial charge in [-0.3, -0.25) is 4.98 Å². The van der Waals surface area contributed by atoms with E-state index in [1.165, 1.54) is 25.8 Å². The maximum Gasteiger partial charge on any atom is 0.241 e. The van der Waals surface area contributed by atoms with Gasteiger partial charge in [-0.15, -0.1) is 0 Å². The second-order valence-corrected chi connectivity index (χ2v) is 4.99. The van der Waals surface area contributed by atoms with E-state index in [1.54, 1.807) is 0 Å². The van der Waals surface area contributed by atoms with Gasteiger partial charge in [0.2, 0.25) is 6.33 Å². The first kappa shape index (κ1) is 9.75. The smallest absolute Gasteiger partial charge is 0.241 e. The van der Waals surface area contributed by atoms with E-state index in [2.05, 4.69) is 35.9 Å². The van der Waals surface area contributed by atoms with E-state index < -0.39 is 0 Å². The van der Waals surface area contributed by atoms with Crippen molar-refractivity contribution in [3.63, 3.8) is 0 Å². The van der Waals surface area contributed by atoms with Crippen LogP contribution < -0.4 is 4.57 Å². The van der Waals surface area contributed by atoms with E-state index in [0.717, 1.165) is 17.8 Å². The van der Waals surface area contributed by atoms with Crippen LogP contribution >= 0.6 is 0 Å². The molecule has 0 aromatic carbocycles. The lowest BCUT2D eigenvalue weighted by Gasteiger charge is -2.13. The average Bonchev–Trinajstić information content (AvgIpc) is 2.75. The van der Waals surface area contributed by atoms with Crippen LogP contribution in [-0.4, -0.2) is 4.98 Å². The Morgan fingerprint density at radius 1 is 1.43 bits per heavy atom. The summed E-state index contributed by atoms with van der Waals surface area (Å²) in [6, 6.07) is 0. The molecule has 2 heteroatoms. The summed E-state index contributed by atoms with van der Waals surface area (Å²) in [5, 5.41) is 0. The van der Waals surface area contributed by atoms with Crippen molar-refractivity contribution in [2.75, 3.05) is 0 Å². The molecule has 0 saturated heterocycles. The van der Waals surface area contributed by atoms with Gasteiger partial charge in [0.1, 0.15) is 12.4 Å². The van der Waals surface area contributed by atoms with Crippen LogP contribution in [0.4, 0.5) is 0 Å². The molecule has 0 bridgehead atoms. The highest BCUT2D eigenvalue weighted by Crippen LogP contribution is 2.35. The fourth-order valence-electron chi connectivity index (χ4n) is 2.62. The first-order valence-electron chi connectivity index (χ1n) is 5.77. The van der Waals surface area contributed by atoms with Gasteiger partial charge in [0, 0.05) is 0 Å². The van der Waals surface area contributed by atoms with Crippen LogP contribution in [0.5, 0.6) is 0 Å². The minimum atomic E-state index is 0.872. The number of hydrogen-bond donors (Lipinski definition) is 1. The third-order valence-corrected chi connectivity index (χ3v) is 3.60. The molecule has 0 amide bonds. The topological polar surface area (TPSA) is 19.7 Å². The summed E-state index contributed by atoms with van der Waals surface area (Å²) in [6.07, 6.45) is 10.5. The molecule has 1 N–H and O–H groups in total. The minimum absolute atomic E-state index is 0.872. The summed E-state index contributed by atoms with van der Waals surface area (Å²) >= 11 is 0. The van der Waals surface area contributed by atoms with Crippen LogP contribution in [-0.2, 0) is 6.54 Å². The second kappa shape index (κ2) is 4.16. The largest absolute Gasteiger partial charge is 0.250 e. The maximum atomic E-state index is 3.10. The number of nitrogens with one attached hydrogen (secondary N) is 1. The Bertz CT molecular complexity index is 264. The highest BCUT2D eigenvalue weighted by molar-refractivity contribution is 4.75. The molecule has 1 saturated carbocycles. The number of aromatic amines is 1. The number of imidazole rings is 1. The molecule has 2 nitrogen and oxygen atoms in total. The van der Waals surface area contributed by atoms with Crippen molar-refractivity contribution in [1.29, 1.82) is 0 Å². The van der Waals surface area contributed by atoms with Gasteiger partial charge in [-0.2, -0.15) is 0 Å². The van der Waals surface area contributed by atoms with E-state index >= 15 is 0 Å². The van der Waals surface area contributed by atoms with Gasteiger partial charge in [-0.25, -0.2) is 4.57 Å². The predicted molar refractivity (Wildman–Crippen MR) is 56.7 cm³/mol. The zero-order valence-electron chi connectivity index (χ0n) is 9.24. The van der Waals surface area contributed by atoms with Crippen molar-refractivity contribution < 1.29 is 4.57 Å². The van der Waals surface area contributed by atoms with Crippen molar-refractivity contribution in [2.24, 2.45) is 17.8 Å². The molecule has 2 atom stereocenters. The maximum absolute atomic E-state index is 3.10. The van der Waals surface area contributed by atoms with Crippen molar-refractivity contribution in [2.45, 2.75) is 39.7 Å². The molecule has 2 unspecified atom stereocenters. The normalized spacial score (nSPS) is 27.4. The van der Waals surface area contributed by atoms with Crippen molar-refractivity contribution >= 4 is 0 Å². The third-order valence-electron chi connectivity index (χ3n) is 3.60. The number of rotatable bonds is 3. The van der Waals surface area contributed by atoms with Crippen molar-refractivity contribution in [3.8, 4) is 0 Å². The molecule has 1 aliphatic rings. The lowest BCUT2D eigenvalue weighted by molar-refractivity contribution is -0.701. The number of aromatic nitrogens is 2. The number of hydrogen-bond acceptors (Lipinski definition) is 0. The molecular formula is C12H21N2+. The summed E-state index contributed by atoms with van der Waals surface area (Å²) < 4.78 is 2.27. The fourth-order valence-corrected chi connectivity index (χ4v) is 2.62. The molecule has 1 aromatic rings. The summed E-state index contributed by atoms with van der Waals surface area (Å²) in [4.78, 5) is 3.10. The Morgan fingerprint density at radius 3 is 2.86 bits per heavy atom. The molecule has 1 aliphatic carbocycles. The lowest BCUT2D eigenvalue weighted by atomic mass is 9.93. The monoisotopic (exact) mass is 193 g/mol. The lowest BCUT2D eigenvalue weighted by Crippen LogP contribution is -2.34. The van der Waals surface area contributed by atoms with Gasteiger partial charge in [-0.1, -0.05) is 13.8 Å². The van der Waals surface area contributed by atoms with Gasteiger partial charge in [-0.05, 0) is 37.0 Å². The standard InChI is InChI=1S/C12H20N2/c1-10(2)12-4-3-11(7-12)8-14-6-5-13-9-14/h5-6,9-12H,3-4,7-8H2,1-2H3/p+1. The fraction of sp³-hybridized carbons (Fsp3) is 0.750. The van der Waals surface area contributed by atoms with Crippen LogP contribution in [0.1, 0.15) is 33.1 Å². The van der Waals surface area contributed by atoms with E-state index in [0.29, 0.717) is 0 Å². The molecule has 2 rings (SSSR count). The zero-order valence-corrected chi connectivity index (χ0v) is 9.24. The van der Waals surface area contributed by atoms with E-state index in [4.69, 9.17) is 0 Å². The van der Waals surface area contributed by atoms with Crippen molar-refractivity contribution in [3.05, 3.63) is 18.7 Å². The second-order valence-electron chi connectivity index (χ2n) is 4.99. The summed E-state index contributed by atoms with van der Waals surface area (Å²) in [5.41, 5.74) is 0. The molecule has 0 radical (unpaired) electrons. The summed E-state index contributed by atoms with van der Waals surface area (Å²) in [6.45, 7) is 5.92. The van der Waals surface area contributed by atoms with Gasteiger partial charge in [0.25, 0.3) is 0 Å². The quantitative estimate of drug-likeness (QED) is 0.711. The molecule has 14 heavy (non-hydrogen) atoms. The highest BCUT2D eigenvalue weighted by atomic mass is 15.0. The Morgan fingerprint density at radius 2 is 2.29 bits per heavy atom. The number of nitrogens with zero attached hydrogens (tertiary/aromatic N) is 1. The molecule has 78 valence electrons. The summed E-state index contributed by atoms with van der Waals surface area (Å²) in [5.74, 6) is 2.75. The molecule has 0 aliphatic heterocycles. The average molecular weight is 193 g/mol. The Balaban J connectivity index is 1.84. The van der Waals surface area contributed by atoms with E-state index in [9.17, 15) is 0 Å². The Kier molecular flexibility index (Phi) is 2.90. The molecule has 1 heterocycles. The molecular weight excluding hydrogens is 172 g/mol. The highest BCUT2D eigenvalue weighted by Gasteiger charge is 2.27. The Labute approximate surface area is 86.3 Å². The SMILES string of the molecule is CC(C)C1CCC(C[n+]2cc[nH]c2)C1. The minimum Gasteiger partial charge on any atom is -0.250 e. The molecule has 1 aromatic heterocycles. The van der Waals surface area contributed by atoms with E-state index in [-0.39, 0.29) is 0 Å². The molecule has 1 fully saturated rings. The van der Waals surface area contributed by atoms with Gasteiger partial charge in [0.15, 0.2) is 0 Å². The summed E-state index contributed by atoms with van der Waals surface area (Å²) in [7, 11) is 0. The van der Waals surface area contributed by atoms with Gasteiger partial charge >= 0.3 is 0 Å². The predicted octanol–water partition coefficient (Wildman–Crippen LogP) is 2.37. The Hall–Kier alpha value is -0.790. The van der Waals surface area contributed by atoms with E-state index in [1.807, 2.05) is 6.20 Å². The first-order valence-corrected chi connectivity index (χ1v) is 5.77. The van der Waals surface area contributed by atoms with Crippen LogP contribution in [0.15, 0.2) is 18.7 Å². The van der Waals surface area contributed by atoms with Gasteiger partial charge in [0.05, 0.1) is 6.54 Å². The third kappa shape index (κ3) is 2.17. The van der Waals surface area contributed by atoms with Crippen molar-refractivity contribution in [1.82, 2.24) is 4.98 Å². The molecule has 0 spiro atoms. The van der Waals surface area contributed by atoms with Crippen LogP contribution in [0.3, 0.4) is 0 Å². The van der Waals surface area contributed by atoms with Crippen LogP contribution in [0.2, 0.25) is 0 Å².